The predicted molar refractivity (Wildman–Crippen MR) is 63.3 cm³/mol. The minimum atomic E-state index is -0.293. The van der Waals surface area contributed by atoms with E-state index < -0.39 is 0 Å². The number of halogens is 3. The molecule has 0 aliphatic heterocycles. The molecule has 2 aromatic rings. The highest BCUT2D eigenvalue weighted by Gasteiger charge is 2.08. The molecule has 1 heterocycles. The molecule has 0 spiro atoms. The van der Waals surface area contributed by atoms with Crippen molar-refractivity contribution < 1.29 is 4.39 Å². The van der Waals surface area contributed by atoms with E-state index in [0.29, 0.717) is 16.0 Å². The van der Waals surface area contributed by atoms with E-state index in [-0.39, 0.29) is 5.82 Å². The summed E-state index contributed by atoms with van der Waals surface area (Å²) in [6, 6.07) is 3.11. The molecule has 3 nitrogen and oxygen atoms in total. The van der Waals surface area contributed by atoms with E-state index in [2.05, 4.69) is 26.2 Å². The zero-order chi connectivity index (χ0) is 11.7. The third-order valence-corrected chi connectivity index (χ3v) is 3.04. The van der Waals surface area contributed by atoms with Crippen LogP contribution in [0.5, 0.6) is 0 Å². The van der Waals surface area contributed by atoms with Gasteiger partial charge in [0, 0.05) is 0 Å². The van der Waals surface area contributed by atoms with Crippen molar-refractivity contribution in [1.29, 1.82) is 0 Å². The first-order chi connectivity index (χ1) is 7.61. The van der Waals surface area contributed by atoms with Crippen molar-refractivity contribution >= 4 is 27.5 Å². The Balaban J connectivity index is 2.51. The van der Waals surface area contributed by atoms with Gasteiger partial charge in [0.15, 0.2) is 0 Å². The Hall–Kier alpha value is -0.940. The van der Waals surface area contributed by atoms with Gasteiger partial charge in [-0.1, -0.05) is 5.21 Å². The average molecular weight is 305 g/mol. The number of aromatic nitrogens is 3. The first-order valence-corrected chi connectivity index (χ1v) is 5.88. The largest absolute Gasteiger partial charge is 0.220 e. The lowest BCUT2D eigenvalue weighted by molar-refractivity contribution is 0.618. The number of benzene rings is 1. The summed E-state index contributed by atoms with van der Waals surface area (Å²) in [5.41, 5.74) is 2.24. The van der Waals surface area contributed by atoms with Crippen LogP contribution >= 0.6 is 27.5 Å². The lowest BCUT2D eigenvalue weighted by Gasteiger charge is -2.06. The van der Waals surface area contributed by atoms with Crippen LogP contribution in [-0.4, -0.2) is 15.0 Å². The number of alkyl halides is 1. The molecule has 0 radical (unpaired) electrons. The van der Waals surface area contributed by atoms with Gasteiger partial charge in [0.05, 0.1) is 27.9 Å². The molecule has 16 heavy (non-hydrogen) atoms. The Morgan fingerprint density at radius 2 is 2.25 bits per heavy atom. The minimum absolute atomic E-state index is 0.293. The van der Waals surface area contributed by atoms with Crippen molar-refractivity contribution in [1.82, 2.24) is 15.0 Å². The highest BCUT2D eigenvalue weighted by Crippen LogP contribution is 2.22. The lowest BCUT2D eigenvalue weighted by Crippen LogP contribution is -1.99. The number of hydrogen-bond donors (Lipinski definition) is 0. The minimum Gasteiger partial charge on any atom is -0.220 e. The van der Waals surface area contributed by atoms with E-state index in [1.54, 1.807) is 16.9 Å². The van der Waals surface area contributed by atoms with Crippen molar-refractivity contribution in [3.05, 3.63) is 39.9 Å². The first kappa shape index (κ1) is 11.5. The highest BCUT2D eigenvalue weighted by atomic mass is 79.9. The molecule has 1 aromatic heterocycles. The molecular weight excluding hydrogens is 296 g/mol. The van der Waals surface area contributed by atoms with Crippen LogP contribution in [0.25, 0.3) is 5.69 Å². The summed E-state index contributed by atoms with van der Waals surface area (Å²) in [5.74, 6) is 0.0143. The van der Waals surface area contributed by atoms with E-state index in [1.807, 2.05) is 6.92 Å². The quantitative estimate of drug-likeness (QED) is 0.798. The summed E-state index contributed by atoms with van der Waals surface area (Å²) < 4.78 is 15.2. The zero-order valence-electron chi connectivity index (χ0n) is 8.41. The second-order valence-electron chi connectivity index (χ2n) is 3.34. The molecule has 1 aromatic carbocycles. The highest BCUT2D eigenvalue weighted by molar-refractivity contribution is 9.10. The Morgan fingerprint density at radius 3 is 2.88 bits per heavy atom. The molecule has 0 aliphatic rings. The smallest absolute Gasteiger partial charge is 0.137 e. The van der Waals surface area contributed by atoms with Gasteiger partial charge in [0.25, 0.3) is 0 Å². The molecule has 84 valence electrons. The zero-order valence-corrected chi connectivity index (χ0v) is 10.8. The van der Waals surface area contributed by atoms with Crippen LogP contribution in [0.3, 0.4) is 0 Å². The number of rotatable bonds is 2. The van der Waals surface area contributed by atoms with Gasteiger partial charge >= 0.3 is 0 Å². The van der Waals surface area contributed by atoms with Gasteiger partial charge in [0.2, 0.25) is 0 Å². The summed E-state index contributed by atoms with van der Waals surface area (Å²) in [6.07, 6.45) is 1.72. The summed E-state index contributed by atoms with van der Waals surface area (Å²) in [7, 11) is 0. The van der Waals surface area contributed by atoms with Crippen molar-refractivity contribution in [2.75, 3.05) is 0 Å². The molecule has 0 aliphatic carbocycles. The Labute approximate surface area is 105 Å². The third-order valence-electron chi connectivity index (χ3n) is 2.16. The fourth-order valence-electron chi connectivity index (χ4n) is 1.36. The fourth-order valence-corrected chi connectivity index (χ4v) is 1.81. The van der Waals surface area contributed by atoms with Crippen LogP contribution in [-0.2, 0) is 5.88 Å². The van der Waals surface area contributed by atoms with E-state index in [0.717, 1.165) is 11.3 Å². The summed E-state index contributed by atoms with van der Waals surface area (Å²) in [5, 5.41) is 7.80. The van der Waals surface area contributed by atoms with Gasteiger partial charge in [0.1, 0.15) is 5.82 Å². The monoisotopic (exact) mass is 303 g/mol. The van der Waals surface area contributed by atoms with Crippen LogP contribution in [0.15, 0.2) is 22.8 Å². The average Bonchev–Trinajstić information content (AvgIpc) is 2.71. The van der Waals surface area contributed by atoms with Gasteiger partial charge in [-0.25, -0.2) is 9.07 Å². The summed E-state index contributed by atoms with van der Waals surface area (Å²) in [6.45, 7) is 1.81. The van der Waals surface area contributed by atoms with E-state index >= 15 is 0 Å². The fraction of sp³-hybridized carbons (Fsp3) is 0.200. The van der Waals surface area contributed by atoms with E-state index in [1.165, 1.54) is 6.07 Å². The SMILES string of the molecule is Cc1cc(F)c(Br)cc1-n1cc(CCl)nn1. The normalized spacial score (nSPS) is 10.8. The Morgan fingerprint density at radius 1 is 1.50 bits per heavy atom. The summed E-state index contributed by atoms with van der Waals surface area (Å²) >= 11 is 8.78. The molecule has 0 amide bonds. The van der Waals surface area contributed by atoms with Gasteiger partial charge in [-0.3, -0.25) is 0 Å². The summed E-state index contributed by atoms with van der Waals surface area (Å²) in [4.78, 5) is 0. The van der Waals surface area contributed by atoms with Crippen LogP contribution in [0, 0.1) is 12.7 Å². The number of nitrogens with zero attached hydrogens (tertiary/aromatic N) is 3. The maximum Gasteiger partial charge on any atom is 0.137 e. The molecule has 0 bridgehead atoms. The van der Waals surface area contributed by atoms with Crippen LogP contribution in [0.4, 0.5) is 4.39 Å². The molecule has 6 heteroatoms. The number of aryl methyl sites for hydroxylation is 1. The second kappa shape index (κ2) is 4.51. The van der Waals surface area contributed by atoms with Crippen LogP contribution < -0.4 is 0 Å². The molecular formula is C10H8BrClFN3. The van der Waals surface area contributed by atoms with Gasteiger partial charge in [-0.2, -0.15) is 0 Å². The second-order valence-corrected chi connectivity index (χ2v) is 4.46. The maximum absolute atomic E-state index is 13.2. The topological polar surface area (TPSA) is 30.7 Å². The van der Waals surface area contributed by atoms with Gasteiger partial charge in [-0.15, -0.1) is 16.7 Å². The molecule has 0 fully saturated rings. The Kier molecular flexibility index (Phi) is 3.25. The van der Waals surface area contributed by atoms with Crippen molar-refractivity contribution in [3.63, 3.8) is 0 Å². The van der Waals surface area contributed by atoms with Crippen molar-refractivity contribution in [2.24, 2.45) is 0 Å². The number of hydrogen-bond acceptors (Lipinski definition) is 2. The van der Waals surface area contributed by atoms with E-state index in [4.69, 9.17) is 11.6 Å². The van der Waals surface area contributed by atoms with Gasteiger partial charge in [-0.05, 0) is 40.5 Å². The first-order valence-electron chi connectivity index (χ1n) is 4.55. The van der Waals surface area contributed by atoms with Gasteiger partial charge < -0.3 is 0 Å². The maximum atomic E-state index is 13.2. The standard InChI is InChI=1S/C10H8BrClFN3/c1-6-2-9(13)8(11)3-10(6)16-5-7(4-12)14-15-16/h2-3,5H,4H2,1H3. The molecule has 0 saturated heterocycles. The van der Waals surface area contributed by atoms with Crippen molar-refractivity contribution in [3.8, 4) is 5.69 Å². The van der Waals surface area contributed by atoms with E-state index in [9.17, 15) is 4.39 Å². The molecule has 0 unspecified atom stereocenters. The third kappa shape index (κ3) is 2.10. The molecule has 0 atom stereocenters. The Bertz CT molecular complexity index is 527. The van der Waals surface area contributed by atoms with Crippen molar-refractivity contribution in [2.45, 2.75) is 12.8 Å². The molecule has 0 N–H and O–H groups in total. The lowest BCUT2D eigenvalue weighted by atomic mass is 10.2. The van der Waals surface area contributed by atoms with Crippen LogP contribution in [0.1, 0.15) is 11.3 Å². The molecule has 0 saturated carbocycles. The molecule has 2 rings (SSSR count). The van der Waals surface area contributed by atoms with Crippen LogP contribution in [0.2, 0.25) is 0 Å². The predicted octanol–water partition coefficient (Wildman–Crippen LogP) is 3.22.